The van der Waals surface area contributed by atoms with Crippen LogP contribution in [0.3, 0.4) is 0 Å². The lowest BCUT2D eigenvalue weighted by molar-refractivity contribution is -0.124. The Hall–Kier alpha value is -3.15. The van der Waals surface area contributed by atoms with Crippen molar-refractivity contribution in [3.05, 3.63) is 60.2 Å². The van der Waals surface area contributed by atoms with Gasteiger partial charge in [0.05, 0.1) is 5.71 Å². The first-order valence-electron chi connectivity index (χ1n) is 7.52. The second-order valence-electron chi connectivity index (χ2n) is 5.20. The third kappa shape index (κ3) is 5.57. The third-order valence-corrected chi connectivity index (χ3v) is 3.25. The molecule has 0 unspecified atom stereocenters. The van der Waals surface area contributed by atoms with Gasteiger partial charge < -0.3 is 10.4 Å². The Morgan fingerprint density at radius 3 is 2.42 bits per heavy atom. The number of amides is 2. The average molecular weight is 325 g/mol. The first-order valence-corrected chi connectivity index (χ1v) is 7.52. The van der Waals surface area contributed by atoms with Gasteiger partial charge in [-0.1, -0.05) is 30.3 Å². The molecule has 0 aliphatic heterocycles. The Labute approximate surface area is 140 Å². The fourth-order valence-corrected chi connectivity index (χ4v) is 1.97. The number of rotatable bonds is 6. The molecule has 0 saturated carbocycles. The van der Waals surface area contributed by atoms with Crippen LogP contribution in [0.25, 0.3) is 0 Å². The minimum Gasteiger partial charge on any atom is -0.508 e. The van der Waals surface area contributed by atoms with E-state index in [0.717, 1.165) is 0 Å². The van der Waals surface area contributed by atoms with E-state index in [2.05, 4.69) is 15.8 Å². The highest BCUT2D eigenvalue weighted by molar-refractivity contribution is 5.99. The number of para-hydroxylation sites is 1. The summed E-state index contributed by atoms with van der Waals surface area (Å²) in [6.07, 6.45) is 0.108. The van der Waals surface area contributed by atoms with Crippen molar-refractivity contribution in [2.75, 3.05) is 5.32 Å². The number of hydrogen-bond acceptors (Lipinski definition) is 4. The molecule has 0 aliphatic rings. The third-order valence-electron chi connectivity index (χ3n) is 3.25. The van der Waals surface area contributed by atoms with Gasteiger partial charge in [0.1, 0.15) is 5.75 Å². The van der Waals surface area contributed by atoms with E-state index in [1.165, 1.54) is 0 Å². The molecule has 3 N–H and O–H groups in total. The van der Waals surface area contributed by atoms with Crippen LogP contribution in [-0.4, -0.2) is 22.6 Å². The van der Waals surface area contributed by atoms with Crippen LogP contribution in [0.5, 0.6) is 5.75 Å². The summed E-state index contributed by atoms with van der Waals surface area (Å²) >= 11 is 0. The van der Waals surface area contributed by atoms with Gasteiger partial charge >= 0.3 is 0 Å². The fourth-order valence-electron chi connectivity index (χ4n) is 1.97. The zero-order valence-corrected chi connectivity index (χ0v) is 13.3. The molecule has 2 rings (SSSR count). The number of phenolic OH excluding ortho intramolecular Hbond substituents is 1. The predicted molar refractivity (Wildman–Crippen MR) is 92.8 cm³/mol. The SMILES string of the molecule is C/C(=N/NC(=O)CCC(=O)Nc1ccccc1)c1cccc(O)c1. The van der Waals surface area contributed by atoms with E-state index in [0.29, 0.717) is 17.0 Å². The predicted octanol–water partition coefficient (Wildman–Crippen LogP) is 2.65. The number of nitrogens with one attached hydrogen (secondary N) is 2. The van der Waals surface area contributed by atoms with E-state index in [-0.39, 0.29) is 30.4 Å². The molecule has 2 aromatic carbocycles. The number of anilines is 1. The maximum Gasteiger partial charge on any atom is 0.240 e. The fraction of sp³-hybridized carbons (Fsp3) is 0.167. The second kappa shape index (κ2) is 8.47. The van der Waals surface area contributed by atoms with E-state index in [4.69, 9.17) is 0 Å². The topological polar surface area (TPSA) is 90.8 Å². The summed E-state index contributed by atoms with van der Waals surface area (Å²) in [5.74, 6) is -0.450. The molecule has 0 aliphatic carbocycles. The standard InChI is InChI=1S/C18H19N3O3/c1-13(14-6-5-9-16(22)12-14)20-21-18(24)11-10-17(23)19-15-7-3-2-4-8-15/h2-9,12,22H,10-11H2,1H3,(H,19,23)(H,21,24)/b20-13-. The van der Waals surface area contributed by atoms with Crippen LogP contribution in [0, 0.1) is 0 Å². The summed E-state index contributed by atoms with van der Waals surface area (Å²) in [5, 5.41) is 16.1. The van der Waals surface area contributed by atoms with Crippen LogP contribution >= 0.6 is 0 Å². The zero-order valence-electron chi connectivity index (χ0n) is 13.3. The molecule has 0 aromatic heterocycles. The summed E-state index contributed by atoms with van der Waals surface area (Å²) in [7, 11) is 0. The molecule has 2 aromatic rings. The van der Waals surface area contributed by atoms with Crippen molar-refractivity contribution in [3.63, 3.8) is 0 Å². The lowest BCUT2D eigenvalue weighted by Crippen LogP contribution is -2.21. The Bertz CT molecular complexity index is 742. The monoisotopic (exact) mass is 325 g/mol. The highest BCUT2D eigenvalue weighted by atomic mass is 16.3. The van der Waals surface area contributed by atoms with E-state index >= 15 is 0 Å². The van der Waals surface area contributed by atoms with Crippen LogP contribution in [0.15, 0.2) is 59.7 Å². The number of hydrogen-bond donors (Lipinski definition) is 3. The maximum absolute atomic E-state index is 11.8. The van der Waals surface area contributed by atoms with Gasteiger partial charge in [-0.3, -0.25) is 9.59 Å². The number of carbonyl (C=O) groups excluding carboxylic acids is 2. The Kier molecular flexibility index (Phi) is 6.08. The van der Waals surface area contributed by atoms with Crippen molar-refractivity contribution >= 4 is 23.2 Å². The molecule has 0 bridgehead atoms. The summed E-state index contributed by atoms with van der Waals surface area (Å²) in [6, 6.07) is 15.6. The lowest BCUT2D eigenvalue weighted by atomic mass is 10.1. The van der Waals surface area contributed by atoms with Crippen molar-refractivity contribution < 1.29 is 14.7 Å². The number of phenols is 1. The van der Waals surface area contributed by atoms with Crippen LogP contribution in [0.2, 0.25) is 0 Å². The molecule has 0 spiro atoms. The highest BCUT2D eigenvalue weighted by Gasteiger charge is 2.07. The summed E-state index contributed by atoms with van der Waals surface area (Å²) < 4.78 is 0. The van der Waals surface area contributed by atoms with Crippen LogP contribution in [0.4, 0.5) is 5.69 Å². The number of aromatic hydroxyl groups is 1. The molecule has 0 fully saturated rings. The Balaban J connectivity index is 1.78. The van der Waals surface area contributed by atoms with Crippen LogP contribution in [-0.2, 0) is 9.59 Å². The highest BCUT2D eigenvalue weighted by Crippen LogP contribution is 2.11. The molecule has 0 radical (unpaired) electrons. The van der Waals surface area contributed by atoms with Crippen LogP contribution in [0.1, 0.15) is 25.3 Å². The largest absolute Gasteiger partial charge is 0.508 e. The van der Waals surface area contributed by atoms with Crippen LogP contribution < -0.4 is 10.7 Å². The molecular weight excluding hydrogens is 306 g/mol. The molecule has 0 heterocycles. The van der Waals surface area contributed by atoms with Gasteiger partial charge in [0.2, 0.25) is 11.8 Å². The molecule has 24 heavy (non-hydrogen) atoms. The van der Waals surface area contributed by atoms with Crippen molar-refractivity contribution in [1.82, 2.24) is 5.43 Å². The molecule has 2 amide bonds. The Morgan fingerprint density at radius 1 is 1.00 bits per heavy atom. The number of carbonyl (C=O) groups is 2. The summed E-state index contributed by atoms with van der Waals surface area (Å²) in [4.78, 5) is 23.5. The van der Waals surface area contributed by atoms with Gasteiger partial charge in [-0.05, 0) is 31.2 Å². The van der Waals surface area contributed by atoms with Gasteiger partial charge in [0, 0.05) is 24.1 Å². The van der Waals surface area contributed by atoms with Gasteiger partial charge in [-0.15, -0.1) is 0 Å². The molecule has 124 valence electrons. The molecule has 6 heteroatoms. The van der Waals surface area contributed by atoms with E-state index in [1.54, 1.807) is 43.3 Å². The maximum atomic E-state index is 11.8. The quantitative estimate of drug-likeness (QED) is 0.563. The van der Waals surface area contributed by atoms with Crippen molar-refractivity contribution in [1.29, 1.82) is 0 Å². The molecular formula is C18H19N3O3. The van der Waals surface area contributed by atoms with E-state index < -0.39 is 0 Å². The zero-order chi connectivity index (χ0) is 17.4. The van der Waals surface area contributed by atoms with Gasteiger partial charge in [0.15, 0.2) is 0 Å². The van der Waals surface area contributed by atoms with E-state index in [9.17, 15) is 14.7 Å². The molecule has 0 saturated heterocycles. The number of benzene rings is 2. The van der Waals surface area contributed by atoms with Gasteiger partial charge in [-0.2, -0.15) is 5.10 Å². The lowest BCUT2D eigenvalue weighted by Gasteiger charge is -2.05. The first-order chi connectivity index (χ1) is 11.5. The smallest absolute Gasteiger partial charge is 0.240 e. The number of nitrogens with zero attached hydrogens (tertiary/aromatic N) is 1. The number of hydrazone groups is 1. The summed E-state index contributed by atoms with van der Waals surface area (Å²) in [5.41, 5.74) is 4.37. The van der Waals surface area contributed by atoms with Gasteiger partial charge in [-0.25, -0.2) is 5.43 Å². The normalized spacial score (nSPS) is 11.0. The van der Waals surface area contributed by atoms with Gasteiger partial charge in [0.25, 0.3) is 0 Å². The van der Waals surface area contributed by atoms with Crippen molar-refractivity contribution in [3.8, 4) is 5.75 Å². The average Bonchev–Trinajstić information content (AvgIpc) is 2.58. The minimum atomic E-state index is -0.349. The molecule has 0 atom stereocenters. The Morgan fingerprint density at radius 2 is 1.71 bits per heavy atom. The minimum absolute atomic E-state index is 0.0372. The first kappa shape index (κ1) is 17.2. The van der Waals surface area contributed by atoms with E-state index in [1.807, 2.05) is 18.2 Å². The second-order valence-corrected chi connectivity index (χ2v) is 5.20. The summed E-state index contributed by atoms with van der Waals surface area (Å²) in [6.45, 7) is 1.72. The molecule has 6 nitrogen and oxygen atoms in total. The van der Waals surface area contributed by atoms with Crippen molar-refractivity contribution in [2.24, 2.45) is 5.10 Å². The van der Waals surface area contributed by atoms with Crippen molar-refractivity contribution in [2.45, 2.75) is 19.8 Å².